The molecule has 2 fully saturated rings. The first-order valence-corrected chi connectivity index (χ1v) is 10.2. The Bertz CT molecular complexity index is 533. The summed E-state index contributed by atoms with van der Waals surface area (Å²) in [6.45, 7) is 6.57. The number of piperidine rings is 1. The van der Waals surface area contributed by atoms with Gasteiger partial charge in [-0.2, -0.15) is 0 Å². The maximum atomic E-state index is 12.7. The van der Waals surface area contributed by atoms with E-state index in [-0.39, 0.29) is 11.9 Å². The minimum Gasteiger partial charge on any atom is -0.372 e. The SMILES string of the molecule is CCCN1CCCCC1C(=O)Nc1ccc(N2CCCCCC2)cc1. The Morgan fingerprint density at radius 2 is 1.68 bits per heavy atom. The van der Waals surface area contributed by atoms with Crippen molar-refractivity contribution in [2.75, 3.05) is 36.4 Å². The highest BCUT2D eigenvalue weighted by molar-refractivity contribution is 5.95. The van der Waals surface area contributed by atoms with Crippen LogP contribution >= 0.6 is 0 Å². The fourth-order valence-corrected chi connectivity index (χ4v) is 4.15. The van der Waals surface area contributed by atoms with Gasteiger partial charge in [0, 0.05) is 24.5 Å². The average molecular weight is 344 g/mol. The molecule has 0 aliphatic carbocycles. The number of likely N-dealkylation sites (tertiary alicyclic amines) is 1. The minimum atomic E-state index is 0.0407. The fraction of sp³-hybridized carbons (Fsp3) is 0.667. The van der Waals surface area contributed by atoms with Gasteiger partial charge in [-0.3, -0.25) is 9.69 Å². The molecule has 4 nitrogen and oxygen atoms in total. The van der Waals surface area contributed by atoms with Crippen molar-refractivity contribution in [3.05, 3.63) is 24.3 Å². The van der Waals surface area contributed by atoms with Gasteiger partial charge in [0.25, 0.3) is 0 Å². The third-order valence-electron chi connectivity index (χ3n) is 5.53. The summed E-state index contributed by atoms with van der Waals surface area (Å²) in [5.41, 5.74) is 2.20. The van der Waals surface area contributed by atoms with Crippen LogP contribution in [-0.2, 0) is 4.79 Å². The summed E-state index contributed by atoms with van der Waals surface area (Å²) in [6, 6.07) is 8.48. The third-order valence-corrected chi connectivity index (χ3v) is 5.53. The highest BCUT2D eigenvalue weighted by atomic mass is 16.2. The summed E-state index contributed by atoms with van der Waals surface area (Å²) in [5, 5.41) is 3.14. The molecule has 0 aromatic heterocycles. The molecule has 3 rings (SSSR count). The second kappa shape index (κ2) is 9.23. The number of amides is 1. The first-order chi connectivity index (χ1) is 12.3. The van der Waals surface area contributed by atoms with E-state index in [1.54, 1.807) is 0 Å². The van der Waals surface area contributed by atoms with Crippen molar-refractivity contribution in [3.8, 4) is 0 Å². The molecule has 1 N–H and O–H groups in total. The number of carbonyl (C=O) groups is 1. The molecule has 1 atom stereocenters. The highest BCUT2D eigenvalue weighted by Gasteiger charge is 2.27. The molecule has 1 amide bonds. The van der Waals surface area contributed by atoms with Crippen LogP contribution in [-0.4, -0.2) is 43.0 Å². The molecule has 1 aromatic rings. The lowest BCUT2D eigenvalue weighted by atomic mass is 10.0. The lowest BCUT2D eigenvalue weighted by Gasteiger charge is -2.34. The van der Waals surface area contributed by atoms with Crippen LogP contribution in [0.2, 0.25) is 0 Å². The van der Waals surface area contributed by atoms with E-state index in [4.69, 9.17) is 0 Å². The van der Waals surface area contributed by atoms with E-state index in [2.05, 4.69) is 46.3 Å². The molecule has 1 unspecified atom stereocenters. The summed E-state index contributed by atoms with van der Waals surface area (Å²) in [5.74, 6) is 0.163. The number of nitrogens with one attached hydrogen (secondary N) is 1. The van der Waals surface area contributed by atoms with E-state index >= 15 is 0 Å². The number of anilines is 2. The zero-order chi connectivity index (χ0) is 17.5. The predicted octanol–water partition coefficient (Wildman–Crippen LogP) is 4.27. The smallest absolute Gasteiger partial charge is 0.241 e. The van der Waals surface area contributed by atoms with Crippen LogP contribution in [0.1, 0.15) is 58.3 Å². The van der Waals surface area contributed by atoms with Crippen LogP contribution in [0.3, 0.4) is 0 Å². The van der Waals surface area contributed by atoms with Gasteiger partial charge < -0.3 is 10.2 Å². The van der Waals surface area contributed by atoms with Gasteiger partial charge in [0.1, 0.15) is 0 Å². The molecule has 4 heteroatoms. The van der Waals surface area contributed by atoms with Gasteiger partial charge in [-0.05, 0) is 69.5 Å². The first kappa shape index (κ1) is 18.2. The lowest BCUT2D eigenvalue weighted by molar-refractivity contribution is -0.122. The van der Waals surface area contributed by atoms with Gasteiger partial charge in [0.05, 0.1) is 6.04 Å². The van der Waals surface area contributed by atoms with Crippen molar-refractivity contribution in [1.82, 2.24) is 4.90 Å². The molecule has 138 valence electrons. The van der Waals surface area contributed by atoms with Gasteiger partial charge in [-0.25, -0.2) is 0 Å². The van der Waals surface area contributed by atoms with Gasteiger partial charge in [0.15, 0.2) is 0 Å². The zero-order valence-electron chi connectivity index (χ0n) is 15.7. The van der Waals surface area contributed by atoms with Crippen LogP contribution in [0.15, 0.2) is 24.3 Å². The Hall–Kier alpha value is -1.55. The predicted molar refractivity (Wildman–Crippen MR) is 105 cm³/mol. The van der Waals surface area contributed by atoms with Crippen LogP contribution in [0.5, 0.6) is 0 Å². The summed E-state index contributed by atoms with van der Waals surface area (Å²) < 4.78 is 0. The standard InChI is InChI=1S/C21H33N3O/c1-2-14-24-17-8-5-9-20(24)21(25)22-18-10-12-19(13-11-18)23-15-6-3-4-7-16-23/h10-13,20H,2-9,14-17H2,1H3,(H,22,25). The third kappa shape index (κ3) is 4.97. The van der Waals surface area contributed by atoms with Crippen LogP contribution in [0.25, 0.3) is 0 Å². The summed E-state index contributed by atoms with van der Waals surface area (Å²) >= 11 is 0. The van der Waals surface area contributed by atoms with Crippen molar-refractivity contribution < 1.29 is 4.79 Å². The maximum Gasteiger partial charge on any atom is 0.241 e. The minimum absolute atomic E-state index is 0.0407. The topological polar surface area (TPSA) is 35.6 Å². The second-order valence-electron chi connectivity index (χ2n) is 7.48. The highest BCUT2D eigenvalue weighted by Crippen LogP contribution is 2.23. The van der Waals surface area contributed by atoms with E-state index < -0.39 is 0 Å². The molecule has 2 heterocycles. The first-order valence-electron chi connectivity index (χ1n) is 10.2. The number of hydrogen-bond donors (Lipinski definition) is 1. The quantitative estimate of drug-likeness (QED) is 0.867. The molecule has 25 heavy (non-hydrogen) atoms. The molecule has 0 saturated carbocycles. The molecular weight excluding hydrogens is 310 g/mol. The van der Waals surface area contributed by atoms with Crippen molar-refractivity contribution in [1.29, 1.82) is 0 Å². The van der Waals surface area contributed by atoms with Gasteiger partial charge in [-0.15, -0.1) is 0 Å². The van der Waals surface area contributed by atoms with E-state index in [0.29, 0.717) is 0 Å². The van der Waals surface area contributed by atoms with Gasteiger partial charge >= 0.3 is 0 Å². The molecule has 1 aromatic carbocycles. The molecule has 2 aliphatic heterocycles. The summed E-state index contributed by atoms with van der Waals surface area (Å²) in [7, 11) is 0. The van der Waals surface area contributed by atoms with Gasteiger partial charge in [-0.1, -0.05) is 26.2 Å². The maximum absolute atomic E-state index is 12.7. The molecule has 0 radical (unpaired) electrons. The van der Waals surface area contributed by atoms with Crippen molar-refractivity contribution in [2.45, 2.75) is 64.3 Å². The van der Waals surface area contributed by atoms with E-state index in [1.165, 1.54) is 37.8 Å². The Morgan fingerprint density at radius 3 is 2.36 bits per heavy atom. The van der Waals surface area contributed by atoms with Crippen molar-refractivity contribution in [2.24, 2.45) is 0 Å². The van der Waals surface area contributed by atoms with Crippen LogP contribution in [0, 0.1) is 0 Å². The van der Waals surface area contributed by atoms with E-state index in [9.17, 15) is 4.79 Å². The summed E-state index contributed by atoms with van der Waals surface area (Å²) in [6.07, 6.45) is 9.73. The molecule has 0 bridgehead atoms. The Balaban J connectivity index is 1.59. The van der Waals surface area contributed by atoms with Gasteiger partial charge in [0.2, 0.25) is 5.91 Å². The van der Waals surface area contributed by atoms with Crippen LogP contribution < -0.4 is 10.2 Å². The fourth-order valence-electron chi connectivity index (χ4n) is 4.15. The zero-order valence-corrected chi connectivity index (χ0v) is 15.7. The van der Waals surface area contributed by atoms with E-state index in [1.807, 2.05) is 0 Å². The van der Waals surface area contributed by atoms with Crippen molar-refractivity contribution >= 4 is 17.3 Å². The average Bonchev–Trinajstić information content (AvgIpc) is 2.92. The number of rotatable bonds is 5. The second-order valence-corrected chi connectivity index (χ2v) is 7.48. The molecule has 2 saturated heterocycles. The molecule has 0 spiro atoms. The monoisotopic (exact) mass is 343 g/mol. The Labute approximate surface area is 152 Å². The largest absolute Gasteiger partial charge is 0.372 e. The Morgan fingerprint density at radius 1 is 1.00 bits per heavy atom. The number of benzene rings is 1. The lowest BCUT2D eigenvalue weighted by Crippen LogP contribution is -2.47. The number of hydrogen-bond acceptors (Lipinski definition) is 3. The molecular formula is C21H33N3O. The number of carbonyl (C=O) groups excluding carboxylic acids is 1. The van der Waals surface area contributed by atoms with Crippen molar-refractivity contribution in [3.63, 3.8) is 0 Å². The normalized spacial score (nSPS) is 22.4. The van der Waals surface area contributed by atoms with Crippen LogP contribution in [0.4, 0.5) is 11.4 Å². The Kier molecular flexibility index (Phi) is 6.74. The van der Waals surface area contributed by atoms with E-state index in [0.717, 1.165) is 51.1 Å². The molecule has 2 aliphatic rings. The summed E-state index contributed by atoms with van der Waals surface area (Å²) in [4.78, 5) is 17.5. The number of nitrogens with zero attached hydrogens (tertiary/aromatic N) is 2.